The molecule has 0 bridgehead atoms. The highest BCUT2D eigenvalue weighted by Gasteiger charge is 2.35. The van der Waals surface area contributed by atoms with Crippen LogP contribution in [-0.4, -0.2) is 52.2 Å². The SMILES string of the molecule is Cc1ccc(C(=O)N2CC[C@@H](c3ccc(F)c(F)c3)[C@H](NC(=O)c3cc4c(s3)OCCn3ncc(Br)c3-4)C2)cc1. The predicted octanol–water partition coefficient (Wildman–Crippen LogP) is 5.78. The summed E-state index contributed by atoms with van der Waals surface area (Å²) in [6, 6.07) is 12.4. The summed E-state index contributed by atoms with van der Waals surface area (Å²) < 4.78 is 36.5. The number of fused-ring (bicyclic) bond motifs is 3. The van der Waals surface area contributed by atoms with Crippen LogP contribution in [-0.2, 0) is 6.54 Å². The van der Waals surface area contributed by atoms with Crippen molar-refractivity contribution in [2.24, 2.45) is 0 Å². The Kier molecular flexibility index (Phi) is 7.18. The molecular formula is C29H25BrF2N4O3S. The molecule has 1 fully saturated rings. The first kappa shape index (κ1) is 26.6. The summed E-state index contributed by atoms with van der Waals surface area (Å²) in [6.45, 7) is 3.61. The van der Waals surface area contributed by atoms with Gasteiger partial charge in [-0.15, -0.1) is 0 Å². The predicted molar refractivity (Wildman–Crippen MR) is 151 cm³/mol. The van der Waals surface area contributed by atoms with Crippen molar-refractivity contribution in [3.63, 3.8) is 0 Å². The number of hydrogen-bond donors (Lipinski definition) is 1. The minimum absolute atomic E-state index is 0.141. The zero-order valence-electron chi connectivity index (χ0n) is 21.5. The fourth-order valence-corrected chi connectivity index (χ4v) is 6.77. The van der Waals surface area contributed by atoms with Crippen LogP contribution in [0.3, 0.4) is 0 Å². The lowest BCUT2D eigenvalue weighted by Crippen LogP contribution is -2.53. The minimum atomic E-state index is -0.943. The average Bonchev–Trinajstić information content (AvgIpc) is 3.48. The van der Waals surface area contributed by atoms with Crippen LogP contribution >= 0.6 is 27.3 Å². The molecule has 0 unspecified atom stereocenters. The molecule has 0 aliphatic carbocycles. The maximum atomic E-state index is 14.2. The molecule has 40 heavy (non-hydrogen) atoms. The molecule has 0 spiro atoms. The molecule has 2 aromatic heterocycles. The summed E-state index contributed by atoms with van der Waals surface area (Å²) in [4.78, 5) is 29.1. The number of halogens is 3. The number of amides is 2. The average molecular weight is 628 g/mol. The Hall–Kier alpha value is -3.57. The van der Waals surface area contributed by atoms with Gasteiger partial charge in [-0.25, -0.2) is 8.78 Å². The largest absolute Gasteiger partial charge is 0.481 e. The number of ether oxygens (including phenoxy) is 1. The number of thiophene rings is 1. The van der Waals surface area contributed by atoms with Crippen molar-refractivity contribution < 1.29 is 23.1 Å². The van der Waals surface area contributed by atoms with Crippen LogP contribution in [0.1, 0.15) is 43.5 Å². The second-order valence-electron chi connectivity index (χ2n) is 9.99. The van der Waals surface area contributed by atoms with E-state index in [1.807, 2.05) is 23.7 Å². The van der Waals surface area contributed by atoms with E-state index in [-0.39, 0.29) is 24.3 Å². The number of nitrogens with zero attached hydrogens (tertiary/aromatic N) is 3. The first-order chi connectivity index (χ1) is 19.3. The molecule has 1 saturated heterocycles. The summed E-state index contributed by atoms with van der Waals surface area (Å²) in [7, 11) is 0. The van der Waals surface area contributed by atoms with Crippen molar-refractivity contribution in [1.82, 2.24) is 20.0 Å². The molecule has 0 radical (unpaired) electrons. The monoisotopic (exact) mass is 626 g/mol. The highest BCUT2D eigenvalue weighted by Crippen LogP contribution is 2.43. The van der Waals surface area contributed by atoms with E-state index >= 15 is 0 Å². The van der Waals surface area contributed by atoms with E-state index in [0.717, 1.165) is 27.4 Å². The third-order valence-corrected chi connectivity index (χ3v) is 9.02. The second kappa shape index (κ2) is 10.8. The number of aryl methyl sites for hydroxylation is 1. The van der Waals surface area contributed by atoms with Gasteiger partial charge in [-0.1, -0.05) is 35.1 Å². The molecule has 2 amide bonds. The lowest BCUT2D eigenvalue weighted by atomic mass is 9.84. The van der Waals surface area contributed by atoms with E-state index in [4.69, 9.17) is 4.74 Å². The first-order valence-electron chi connectivity index (χ1n) is 12.9. The van der Waals surface area contributed by atoms with Crippen LogP contribution in [0.25, 0.3) is 11.3 Å². The molecule has 2 atom stereocenters. The van der Waals surface area contributed by atoms with E-state index in [0.29, 0.717) is 47.2 Å². The normalized spacial score (nSPS) is 18.4. The van der Waals surface area contributed by atoms with Crippen LogP contribution in [0.4, 0.5) is 8.78 Å². The van der Waals surface area contributed by atoms with Crippen LogP contribution in [0.5, 0.6) is 5.06 Å². The van der Waals surface area contributed by atoms with Gasteiger partial charge in [-0.05, 0) is 65.2 Å². The highest BCUT2D eigenvalue weighted by molar-refractivity contribution is 9.10. The Bertz CT molecular complexity index is 1600. The smallest absolute Gasteiger partial charge is 0.261 e. The maximum absolute atomic E-state index is 14.2. The van der Waals surface area contributed by atoms with Gasteiger partial charge in [0.25, 0.3) is 11.8 Å². The van der Waals surface area contributed by atoms with Gasteiger partial charge in [-0.3, -0.25) is 14.3 Å². The molecule has 206 valence electrons. The summed E-state index contributed by atoms with van der Waals surface area (Å²) >= 11 is 4.78. The number of benzene rings is 2. The Morgan fingerprint density at radius 2 is 1.90 bits per heavy atom. The standard InChI is InChI=1S/C29H25BrF2N4O3S/c1-16-2-4-17(5-3-16)28(38)35-9-8-19(18-6-7-22(31)23(32)12-18)24(15-35)34-27(37)25-13-20-26-21(30)14-33-36(26)10-11-39-29(20)40-25/h2-7,12-14,19,24H,8-11,15H2,1H3,(H,34,37)/t19-,24+/m0/s1. The summed E-state index contributed by atoms with van der Waals surface area (Å²) in [5.74, 6) is -2.65. The molecule has 11 heteroatoms. The van der Waals surface area contributed by atoms with Gasteiger partial charge in [0.2, 0.25) is 0 Å². The quantitative estimate of drug-likeness (QED) is 0.311. The first-order valence-corrected chi connectivity index (χ1v) is 14.5. The molecule has 2 aromatic carbocycles. The number of rotatable bonds is 4. The maximum Gasteiger partial charge on any atom is 0.261 e. The number of aromatic nitrogens is 2. The molecule has 1 N–H and O–H groups in total. The zero-order chi connectivity index (χ0) is 28.0. The minimum Gasteiger partial charge on any atom is -0.481 e. The fraction of sp³-hybridized carbons (Fsp3) is 0.276. The number of nitrogens with one attached hydrogen (secondary N) is 1. The van der Waals surface area contributed by atoms with E-state index in [2.05, 4.69) is 26.3 Å². The van der Waals surface area contributed by atoms with Crippen molar-refractivity contribution in [2.75, 3.05) is 19.7 Å². The van der Waals surface area contributed by atoms with Gasteiger partial charge < -0.3 is 15.0 Å². The van der Waals surface area contributed by atoms with Crippen LogP contribution in [0.15, 0.2) is 59.2 Å². The van der Waals surface area contributed by atoms with Gasteiger partial charge in [0, 0.05) is 24.6 Å². The van der Waals surface area contributed by atoms with E-state index < -0.39 is 17.7 Å². The second-order valence-corrected chi connectivity index (χ2v) is 11.9. The van der Waals surface area contributed by atoms with Crippen molar-refractivity contribution in [2.45, 2.75) is 31.8 Å². The number of carbonyl (C=O) groups excluding carboxylic acids is 2. The molecule has 4 aromatic rings. The zero-order valence-corrected chi connectivity index (χ0v) is 23.9. The molecule has 6 rings (SSSR count). The fourth-order valence-electron chi connectivity index (χ4n) is 5.33. The summed E-state index contributed by atoms with van der Waals surface area (Å²) in [5, 5.41) is 8.09. The Morgan fingerprint density at radius 1 is 1.10 bits per heavy atom. The molecule has 2 aliphatic heterocycles. The molecule has 0 saturated carbocycles. The Labute approximate surface area is 241 Å². The molecule has 2 aliphatic rings. The van der Waals surface area contributed by atoms with Crippen molar-refractivity contribution in [1.29, 1.82) is 0 Å². The Balaban J connectivity index is 1.29. The van der Waals surface area contributed by atoms with Crippen molar-refractivity contribution >= 4 is 39.1 Å². The van der Waals surface area contributed by atoms with Gasteiger partial charge in [0.05, 0.1) is 39.4 Å². The number of carbonyl (C=O) groups is 2. The number of piperidine rings is 1. The van der Waals surface area contributed by atoms with Gasteiger partial charge in [0.15, 0.2) is 16.7 Å². The lowest BCUT2D eigenvalue weighted by molar-refractivity contribution is 0.0655. The van der Waals surface area contributed by atoms with Gasteiger partial charge in [0.1, 0.15) is 6.61 Å². The summed E-state index contributed by atoms with van der Waals surface area (Å²) in [5.41, 5.74) is 3.80. The van der Waals surface area contributed by atoms with Crippen LogP contribution < -0.4 is 10.1 Å². The lowest BCUT2D eigenvalue weighted by Gasteiger charge is -2.39. The van der Waals surface area contributed by atoms with E-state index in [1.165, 1.54) is 17.4 Å². The third-order valence-electron chi connectivity index (χ3n) is 7.39. The summed E-state index contributed by atoms with van der Waals surface area (Å²) in [6.07, 6.45) is 2.19. The highest BCUT2D eigenvalue weighted by atomic mass is 79.9. The van der Waals surface area contributed by atoms with Crippen molar-refractivity contribution in [3.05, 3.63) is 92.4 Å². The topological polar surface area (TPSA) is 76.5 Å². The number of likely N-dealkylation sites (tertiary alicyclic amines) is 1. The third kappa shape index (κ3) is 5.03. The van der Waals surface area contributed by atoms with E-state index in [1.54, 1.807) is 35.4 Å². The Morgan fingerprint density at radius 3 is 2.67 bits per heavy atom. The van der Waals surface area contributed by atoms with Gasteiger partial charge in [-0.2, -0.15) is 5.10 Å². The van der Waals surface area contributed by atoms with E-state index in [9.17, 15) is 18.4 Å². The molecular weight excluding hydrogens is 602 g/mol. The molecule has 7 nitrogen and oxygen atoms in total. The van der Waals surface area contributed by atoms with Crippen LogP contribution in [0, 0.1) is 18.6 Å². The number of hydrogen-bond acceptors (Lipinski definition) is 5. The molecule has 4 heterocycles. The van der Waals surface area contributed by atoms with Crippen LogP contribution in [0.2, 0.25) is 0 Å². The van der Waals surface area contributed by atoms with Crippen molar-refractivity contribution in [3.8, 4) is 16.3 Å². The van der Waals surface area contributed by atoms with Gasteiger partial charge >= 0.3 is 0 Å².